The van der Waals surface area contributed by atoms with Crippen molar-refractivity contribution in [1.82, 2.24) is 0 Å². The van der Waals surface area contributed by atoms with Crippen molar-refractivity contribution in [3.05, 3.63) is 62.2 Å². The van der Waals surface area contributed by atoms with Gasteiger partial charge in [-0.2, -0.15) is 0 Å². The zero-order chi connectivity index (χ0) is 22.5. The van der Waals surface area contributed by atoms with Crippen molar-refractivity contribution in [3.8, 4) is 11.5 Å². The Morgan fingerprint density at radius 3 is 2.61 bits per heavy atom. The summed E-state index contributed by atoms with van der Waals surface area (Å²) in [6, 6.07) is 7.86. The molecule has 0 fully saturated rings. The normalized spacial score (nSPS) is 14.3. The molecule has 0 bridgehead atoms. The highest BCUT2D eigenvalue weighted by molar-refractivity contribution is 6.37. The molecule has 31 heavy (non-hydrogen) atoms. The third kappa shape index (κ3) is 5.50. The minimum absolute atomic E-state index is 0.0410. The van der Waals surface area contributed by atoms with E-state index in [2.05, 4.69) is 4.99 Å². The van der Waals surface area contributed by atoms with Gasteiger partial charge in [-0.3, -0.25) is 0 Å². The topological polar surface area (TPSA) is 83.4 Å². The predicted molar refractivity (Wildman–Crippen MR) is 117 cm³/mol. The summed E-state index contributed by atoms with van der Waals surface area (Å²) in [6.45, 7) is 1.60. The number of carbonyl (C=O) groups excluding carboxylic acids is 2. The minimum atomic E-state index is -0.654. The van der Waals surface area contributed by atoms with E-state index in [0.29, 0.717) is 21.2 Å². The van der Waals surface area contributed by atoms with Gasteiger partial charge in [0.05, 0.1) is 29.3 Å². The lowest BCUT2D eigenvalue weighted by atomic mass is 10.1. The van der Waals surface area contributed by atoms with E-state index in [0.717, 1.165) is 0 Å². The van der Waals surface area contributed by atoms with Crippen molar-refractivity contribution in [2.75, 3.05) is 20.3 Å². The standard InChI is InChI=1S/C21H16Cl3NO6/c1-3-29-18(26)10-30-19-15(24)6-11(8-17(19)28-2)7-16-21(27)31-20(25-16)13-5-4-12(22)9-14(13)23/h4-9H,3,10H2,1-2H3/b16-7-. The molecule has 7 nitrogen and oxygen atoms in total. The monoisotopic (exact) mass is 483 g/mol. The molecular formula is C21H16Cl3NO6. The first-order chi connectivity index (χ1) is 14.8. The van der Waals surface area contributed by atoms with Crippen molar-refractivity contribution in [1.29, 1.82) is 0 Å². The Morgan fingerprint density at radius 2 is 1.94 bits per heavy atom. The summed E-state index contributed by atoms with van der Waals surface area (Å²) in [5.74, 6) is -0.696. The summed E-state index contributed by atoms with van der Waals surface area (Å²) in [5.41, 5.74) is 0.977. The first-order valence-corrected chi connectivity index (χ1v) is 10.1. The summed E-state index contributed by atoms with van der Waals surface area (Å²) in [5, 5.41) is 0.918. The van der Waals surface area contributed by atoms with Gasteiger partial charge in [-0.05, 0) is 48.9 Å². The molecule has 0 aromatic heterocycles. The van der Waals surface area contributed by atoms with Crippen LogP contribution in [0.15, 0.2) is 41.0 Å². The second-order valence-electron chi connectivity index (χ2n) is 6.09. The number of benzene rings is 2. The third-order valence-electron chi connectivity index (χ3n) is 3.98. The molecule has 1 aliphatic rings. The fourth-order valence-corrected chi connectivity index (χ4v) is 3.41. The largest absolute Gasteiger partial charge is 0.493 e. The Labute approximate surface area is 193 Å². The lowest BCUT2D eigenvalue weighted by Crippen LogP contribution is -2.15. The van der Waals surface area contributed by atoms with Gasteiger partial charge in [0.1, 0.15) is 0 Å². The number of rotatable bonds is 7. The second kappa shape index (κ2) is 10.0. The van der Waals surface area contributed by atoms with Gasteiger partial charge in [0.25, 0.3) is 0 Å². The number of halogens is 3. The van der Waals surface area contributed by atoms with Crippen LogP contribution in [0.5, 0.6) is 11.5 Å². The number of hydrogen-bond donors (Lipinski definition) is 0. The van der Waals surface area contributed by atoms with Crippen LogP contribution in [0.3, 0.4) is 0 Å². The average molecular weight is 485 g/mol. The van der Waals surface area contributed by atoms with Crippen LogP contribution in [0.4, 0.5) is 0 Å². The molecule has 0 saturated carbocycles. The van der Waals surface area contributed by atoms with Gasteiger partial charge in [-0.25, -0.2) is 14.6 Å². The number of ether oxygens (including phenoxy) is 4. The van der Waals surface area contributed by atoms with Gasteiger partial charge in [-0.15, -0.1) is 0 Å². The number of methoxy groups -OCH3 is 1. The second-order valence-corrected chi connectivity index (χ2v) is 7.34. The molecule has 0 unspecified atom stereocenters. The molecule has 0 aliphatic carbocycles. The van der Waals surface area contributed by atoms with Crippen LogP contribution in [0.25, 0.3) is 6.08 Å². The summed E-state index contributed by atoms with van der Waals surface area (Å²) in [4.78, 5) is 28.0. The average Bonchev–Trinajstić information content (AvgIpc) is 3.06. The number of hydrogen-bond acceptors (Lipinski definition) is 7. The lowest BCUT2D eigenvalue weighted by molar-refractivity contribution is -0.145. The summed E-state index contributed by atoms with van der Waals surface area (Å²) >= 11 is 18.3. The Hall–Kier alpha value is -2.74. The molecule has 1 heterocycles. The van der Waals surface area contributed by atoms with Crippen molar-refractivity contribution < 1.29 is 28.5 Å². The van der Waals surface area contributed by atoms with Crippen LogP contribution in [-0.4, -0.2) is 38.2 Å². The zero-order valence-electron chi connectivity index (χ0n) is 16.4. The molecule has 3 rings (SSSR count). The number of esters is 2. The molecule has 2 aromatic carbocycles. The van der Waals surface area contributed by atoms with E-state index in [1.165, 1.54) is 25.3 Å². The number of cyclic esters (lactones) is 1. The molecule has 2 aromatic rings. The number of nitrogens with zero attached hydrogens (tertiary/aromatic N) is 1. The lowest BCUT2D eigenvalue weighted by Gasteiger charge is -2.12. The van der Waals surface area contributed by atoms with Gasteiger partial charge in [-0.1, -0.05) is 34.8 Å². The van der Waals surface area contributed by atoms with Crippen LogP contribution >= 0.6 is 34.8 Å². The van der Waals surface area contributed by atoms with Gasteiger partial charge in [0.15, 0.2) is 23.8 Å². The fourth-order valence-electron chi connectivity index (χ4n) is 2.64. The van der Waals surface area contributed by atoms with Gasteiger partial charge < -0.3 is 18.9 Å². The van der Waals surface area contributed by atoms with Crippen molar-refractivity contribution in [2.24, 2.45) is 4.99 Å². The summed E-state index contributed by atoms with van der Waals surface area (Å²) < 4.78 is 20.8. The van der Waals surface area contributed by atoms with E-state index in [1.807, 2.05) is 0 Å². The summed E-state index contributed by atoms with van der Waals surface area (Å²) in [6.07, 6.45) is 1.47. The van der Waals surface area contributed by atoms with E-state index in [9.17, 15) is 9.59 Å². The molecule has 162 valence electrons. The number of carbonyl (C=O) groups is 2. The fraction of sp³-hybridized carbons (Fsp3) is 0.190. The van der Waals surface area contributed by atoms with Gasteiger partial charge in [0, 0.05) is 5.02 Å². The van der Waals surface area contributed by atoms with Gasteiger partial charge >= 0.3 is 11.9 Å². The van der Waals surface area contributed by atoms with Crippen LogP contribution in [-0.2, 0) is 19.1 Å². The van der Waals surface area contributed by atoms with Crippen LogP contribution in [0.2, 0.25) is 15.1 Å². The van der Waals surface area contributed by atoms with Crippen LogP contribution < -0.4 is 9.47 Å². The molecular weight excluding hydrogens is 469 g/mol. The van der Waals surface area contributed by atoms with E-state index < -0.39 is 11.9 Å². The number of aliphatic imine (C=N–C) groups is 1. The molecule has 0 spiro atoms. The third-order valence-corrected chi connectivity index (χ3v) is 4.81. The molecule has 0 amide bonds. The molecule has 0 saturated heterocycles. The smallest absolute Gasteiger partial charge is 0.363 e. The first-order valence-electron chi connectivity index (χ1n) is 8.96. The van der Waals surface area contributed by atoms with Gasteiger partial charge in [0.2, 0.25) is 5.90 Å². The van der Waals surface area contributed by atoms with E-state index in [4.69, 9.17) is 53.8 Å². The maximum absolute atomic E-state index is 12.3. The highest BCUT2D eigenvalue weighted by atomic mass is 35.5. The predicted octanol–water partition coefficient (Wildman–Crippen LogP) is 4.94. The molecule has 0 atom stereocenters. The highest BCUT2D eigenvalue weighted by Crippen LogP contribution is 2.37. The Bertz CT molecular complexity index is 1100. The van der Waals surface area contributed by atoms with Crippen LogP contribution in [0.1, 0.15) is 18.1 Å². The van der Waals surface area contributed by atoms with Crippen molar-refractivity contribution >= 4 is 58.7 Å². The van der Waals surface area contributed by atoms with Crippen LogP contribution in [0, 0.1) is 0 Å². The Kier molecular flexibility index (Phi) is 7.43. The molecule has 0 N–H and O–H groups in total. The van der Waals surface area contributed by atoms with Crippen molar-refractivity contribution in [3.63, 3.8) is 0 Å². The minimum Gasteiger partial charge on any atom is -0.493 e. The SMILES string of the molecule is CCOC(=O)COc1c(Cl)cc(/C=C2\N=C(c3ccc(Cl)cc3Cl)OC2=O)cc1OC. The van der Waals surface area contributed by atoms with E-state index in [-0.39, 0.29) is 41.3 Å². The molecule has 1 aliphatic heterocycles. The quantitative estimate of drug-likeness (QED) is 0.409. The first kappa shape index (κ1) is 22.9. The zero-order valence-corrected chi connectivity index (χ0v) is 18.7. The van der Waals surface area contributed by atoms with E-state index in [1.54, 1.807) is 25.1 Å². The van der Waals surface area contributed by atoms with E-state index >= 15 is 0 Å². The van der Waals surface area contributed by atoms with Crippen molar-refractivity contribution in [2.45, 2.75) is 6.92 Å². The maximum atomic E-state index is 12.3. The molecule has 0 radical (unpaired) electrons. The highest BCUT2D eigenvalue weighted by Gasteiger charge is 2.26. The Balaban J connectivity index is 1.88. The maximum Gasteiger partial charge on any atom is 0.363 e. The molecule has 10 heteroatoms. The summed E-state index contributed by atoms with van der Waals surface area (Å²) in [7, 11) is 1.42. The Morgan fingerprint density at radius 1 is 1.16 bits per heavy atom.